The number of aliphatic hydroxyl groups excluding tert-OH is 2. The van der Waals surface area contributed by atoms with Gasteiger partial charge >= 0.3 is 0 Å². The van der Waals surface area contributed by atoms with Crippen molar-refractivity contribution in [2.45, 2.75) is 84.3 Å². The van der Waals surface area contributed by atoms with Crippen LogP contribution in [0.2, 0.25) is 0 Å². The Morgan fingerprint density at radius 2 is 1.71 bits per heavy atom. The SMILES string of the molecule is CC(=O)[C@H]1CC[C@H]2[C@@H]3CC[C@H]4C[C@@H](O)CC[C@]4(C)[C@H]3C[C@H](O)[C@]12C. The molecule has 0 bridgehead atoms. The summed E-state index contributed by atoms with van der Waals surface area (Å²) in [6.07, 6.45) is 7.92. The van der Waals surface area contributed by atoms with Crippen molar-refractivity contribution in [3.05, 3.63) is 0 Å². The van der Waals surface area contributed by atoms with Crippen LogP contribution in [-0.4, -0.2) is 28.2 Å². The summed E-state index contributed by atoms with van der Waals surface area (Å²) >= 11 is 0. The highest BCUT2D eigenvalue weighted by molar-refractivity contribution is 5.79. The van der Waals surface area contributed by atoms with Crippen molar-refractivity contribution < 1.29 is 15.0 Å². The number of Topliss-reactive ketones (excluding diaryl/α,β-unsaturated/α-hetero) is 1. The van der Waals surface area contributed by atoms with Crippen LogP contribution in [0.1, 0.15) is 72.1 Å². The molecule has 4 aliphatic rings. The molecule has 136 valence electrons. The minimum Gasteiger partial charge on any atom is -0.393 e. The zero-order valence-electron chi connectivity index (χ0n) is 15.5. The third-order valence-corrected chi connectivity index (χ3v) is 9.24. The second-order valence-electron chi connectivity index (χ2n) is 9.94. The van der Waals surface area contributed by atoms with Gasteiger partial charge in [0.2, 0.25) is 0 Å². The molecule has 3 heteroatoms. The molecule has 3 nitrogen and oxygen atoms in total. The number of hydrogen-bond acceptors (Lipinski definition) is 3. The molecule has 0 unspecified atom stereocenters. The Kier molecular flexibility index (Phi) is 3.93. The average molecular weight is 335 g/mol. The van der Waals surface area contributed by atoms with E-state index >= 15 is 0 Å². The molecule has 0 aliphatic heterocycles. The predicted molar refractivity (Wildman–Crippen MR) is 93.3 cm³/mol. The summed E-state index contributed by atoms with van der Waals surface area (Å²) in [6.45, 7) is 6.36. The van der Waals surface area contributed by atoms with E-state index in [9.17, 15) is 15.0 Å². The summed E-state index contributed by atoms with van der Waals surface area (Å²) in [6, 6.07) is 0. The minimum absolute atomic E-state index is 0.0529. The number of rotatable bonds is 1. The van der Waals surface area contributed by atoms with Crippen LogP contribution in [0.4, 0.5) is 0 Å². The molecule has 24 heavy (non-hydrogen) atoms. The number of ketones is 1. The fourth-order valence-corrected chi connectivity index (χ4v) is 7.86. The van der Waals surface area contributed by atoms with E-state index in [0.29, 0.717) is 23.7 Å². The minimum atomic E-state index is -0.345. The Morgan fingerprint density at radius 1 is 0.958 bits per heavy atom. The molecular weight excluding hydrogens is 300 g/mol. The van der Waals surface area contributed by atoms with Gasteiger partial charge in [0.25, 0.3) is 0 Å². The lowest BCUT2D eigenvalue weighted by molar-refractivity contribution is -0.173. The number of hydrogen-bond donors (Lipinski definition) is 2. The van der Waals surface area contributed by atoms with Gasteiger partial charge in [-0.3, -0.25) is 4.79 Å². The van der Waals surface area contributed by atoms with Gasteiger partial charge in [-0.25, -0.2) is 0 Å². The van der Waals surface area contributed by atoms with Gasteiger partial charge in [-0.1, -0.05) is 13.8 Å². The van der Waals surface area contributed by atoms with Crippen LogP contribution < -0.4 is 0 Å². The molecule has 0 radical (unpaired) electrons. The van der Waals surface area contributed by atoms with Gasteiger partial charge in [-0.15, -0.1) is 0 Å². The number of fused-ring (bicyclic) bond motifs is 5. The number of carbonyl (C=O) groups is 1. The first-order valence-electron chi connectivity index (χ1n) is 10.1. The Morgan fingerprint density at radius 3 is 2.42 bits per heavy atom. The summed E-state index contributed by atoms with van der Waals surface area (Å²) in [5.74, 6) is 2.69. The first-order chi connectivity index (χ1) is 11.3. The van der Waals surface area contributed by atoms with E-state index in [1.807, 2.05) is 0 Å². The van der Waals surface area contributed by atoms with Gasteiger partial charge in [-0.2, -0.15) is 0 Å². The second-order valence-corrected chi connectivity index (χ2v) is 9.94. The maximum atomic E-state index is 12.2. The lowest BCUT2D eigenvalue weighted by atomic mass is 9.44. The van der Waals surface area contributed by atoms with Gasteiger partial charge in [0.15, 0.2) is 0 Å². The van der Waals surface area contributed by atoms with Crippen molar-refractivity contribution >= 4 is 5.78 Å². The number of carbonyl (C=O) groups excluding carboxylic acids is 1. The Hall–Kier alpha value is -0.410. The smallest absolute Gasteiger partial charge is 0.133 e. The zero-order valence-corrected chi connectivity index (χ0v) is 15.5. The Bertz CT molecular complexity index is 531. The second kappa shape index (κ2) is 5.54. The molecule has 0 aromatic rings. The lowest BCUT2D eigenvalue weighted by Crippen LogP contribution is -2.58. The third-order valence-electron chi connectivity index (χ3n) is 9.24. The van der Waals surface area contributed by atoms with E-state index in [1.165, 1.54) is 12.8 Å². The molecule has 0 heterocycles. The van der Waals surface area contributed by atoms with Crippen molar-refractivity contribution in [1.29, 1.82) is 0 Å². The molecule has 0 saturated heterocycles. The summed E-state index contributed by atoms with van der Waals surface area (Å²) < 4.78 is 0. The Balaban J connectivity index is 1.66. The topological polar surface area (TPSA) is 57.5 Å². The summed E-state index contributed by atoms with van der Waals surface area (Å²) in [5.41, 5.74) is 0.0726. The van der Waals surface area contributed by atoms with Gasteiger partial charge in [-0.05, 0) is 87.4 Å². The zero-order chi connectivity index (χ0) is 17.3. The number of aliphatic hydroxyl groups is 2. The first kappa shape index (κ1) is 17.0. The Labute approximate surface area is 146 Å². The highest BCUT2D eigenvalue weighted by Gasteiger charge is 2.63. The summed E-state index contributed by atoms with van der Waals surface area (Å²) in [4.78, 5) is 12.2. The molecule has 0 spiro atoms. The fraction of sp³-hybridized carbons (Fsp3) is 0.952. The van der Waals surface area contributed by atoms with E-state index in [1.54, 1.807) is 6.92 Å². The molecule has 0 aromatic heterocycles. The molecule has 4 saturated carbocycles. The average Bonchev–Trinajstić information content (AvgIpc) is 2.88. The van der Waals surface area contributed by atoms with E-state index in [-0.39, 0.29) is 34.7 Å². The molecule has 0 aromatic carbocycles. The van der Waals surface area contributed by atoms with E-state index < -0.39 is 0 Å². The molecule has 4 rings (SSSR count). The fourth-order valence-electron chi connectivity index (χ4n) is 7.86. The molecule has 0 amide bonds. The van der Waals surface area contributed by atoms with Crippen LogP contribution in [0.5, 0.6) is 0 Å². The van der Waals surface area contributed by atoms with Crippen LogP contribution in [0.25, 0.3) is 0 Å². The summed E-state index contributed by atoms with van der Waals surface area (Å²) in [5, 5.41) is 21.3. The van der Waals surface area contributed by atoms with E-state index in [4.69, 9.17) is 0 Å². The van der Waals surface area contributed by atoms with Crippen LogP contribution in [0.3, 0.4) is 0 Å². The molecule has 9 atom stereocenters. The first-order valence-corrected chi connectivity index (χ1v) is 10.1. The van der Waals surface area contributed by atoms with E-state index in [2.05, 4.69) is 13.8 Å². The molecule has 4 fully saturated rings. The van der Waals surface area contributed by atoms with Crippen LogP contribution in [0.15, 0.2) is 0 Å². The monoisotopic (exact) mass is 334 g/mol. The molecule has 4 aliphatic carbocycles. The van der Waals surface area contributed by atoms with Crippen LogP contribution in [0, 0.1) is 40.4 Å². The van der Waals surface area contributed by atoms with Gasteiger partial charge in [0, 0.05) is 11.3 Å². The van der Waals surface area contributed by atoms with Crippen molar-refractivity contribution in [2.75, 3.05) is 0 Å². The summed E-state index contributed by atoms with van der Waals surface area (Å²) in [7, 11) is 0. The van der Waals surface area contributed by atoms with Gasteiger partial charge < -0.3 is 10.2 Å². The third kappa shape index (κ3) is 2.13. The highest BCUT2D eigenvalue weighted by atomic mass is 16.3. The predicted octanol–water partition coefficient (Wildman–Crippen LogP) is 3.57. The highest BCUT2D eigenvalue weighted by Crippen LogP contribution is 2.67. The van der Waals surface area contributed by atoms with Crippen molar-refractivity contribution in [1.82, 2.24) is 0 Å². The van der Waals surface area contributed by atoms with Crippen molar-refractivity contribution in [2.24, 2.45) is 40.4 Å². The molecular formula is C21H34O3. The maximum absolute atomic E-state index is 12.2. The van der Waals surface area contributed by atoms with Crippen LogP contribution in [-0.2, 0) is 4.79 Å². The maximum Gasteiger partial charge on any atom is 0.133 e. The lowest BCUT2D eigenvalue weighted by Gasteiger charge is -2.62. The van der Waals surface area contributed by atoms with Gasteiger partial charge in [0.1, 0.15) is 5.78 Å². The quantitative estimate of drug-likeness (QED) is 0.771. The standard InChI is InChI=1S/C21H34O3/c1-12(22)16-6-7-17-15-5-4-13-10-14(23)8-9-20(13,2)18(15)11-19(24)21(16,17)3/h13-19,23-24H,4-11H2,1-3H3/t13-,14-,15-,16+,17-,18-,19-,20-,21+/m0/s1. The largest absolute Gasteiger partial charge is 0.393 e. The molecule has 2 N–H and O–H groups in total. The van der Waals surface area contributed by atoms with Crippen molar-refractivity contribution in [3.63, 3.8) is 0 Å². The van der Waals surface area contributed by atoms with Gasteiger partial charge in [0.05, 0.1) is 12.2 Å². The van der Waals surface area contributed by atoms with Crippen molar-refractivity contribution in [3.8, 4) is 0 Å². The van der Waals surface area contributed by atoms with Crippen LogP contribution >= 0.6 is 0 Å². The van der Waals surface area contributed by atoms with E-state index in [0.717, 1.165) is 38.5 Å². The normalized spacial score (nSPS) is 57.0.